The van der Waals surface area contributed by atoms with E-state index in [1.807, 2.05) is 60.7 Å². The lowest BCUT2D eigenvalue weighted by molar-refractivity contribution is -0.125. The van der Waals surface area contributed by atoms with Gasteiger partial charge in [0, 0.05) is 5.56 Å². The SMILES string of the molecule is C[C@@H](OC(=O)c1cc(-c2ccccc2)nc2c1cnn2Cc1ccccc1)C(N)=O. The van der Waals surface area contributed by atoms with Gasteiger partial charge in [-0.1, -0.05) is 60.7 Å². The number of hydrogen-bond acceptors (Lipinski definition) is 5. The number of carbonyl (C=O) groups is 2. The smallest absolute Gasteiger partial charge is 0.339 e. The summed E-state index contributed by atoms with van der Waals surface area (Å²) in [6.45, 7) is 1.94. The van der Waals surface area contributed by atoms with Gasteiger partial charge in [-0.2, -0.15) is 5.10 Å². The van der Waals surface area contributed by atoms with E-state index in [0.717, 1.165) is 11.1 Å². The highest BCUT2D eigenvalue weighted by Crippen LogP contribution is 2.26. The van der Waals surface area contributed by atoms with Crippen molar-refractivity contribution in [3.8, 4) is 11.3 Å². The highest BCUT2D eigenvalue weighted by atomic mass is 16.5. The Bertz CT molecular complexity index is 1200. The van der Waals surface area contributed by atoms with Crippen molar-refractivity contribution in [1.29, 1.82) is 0 Å². The standard InChI is InChI=1S/C23H20N4O3/c1-15(21(24)28)30-23(29)18-12-20(17-10-6-3-7-11-17)26-22-19(18)13-25-27(22)14-16-8-4-2-5-9-16/h2-13,15H,14H2,1H3,(H2,24,28)/t15-/m1/s1. The van der Waals surface area contributed by atoms with Gasteiger partial charge in [-0.3, -0.25) is 4.79 Å². The summed E-state index contributed by atoms with van der Waals surface area (Å²) in [5, 5.41) is 4.99. The van der Waals surface area contributed by atoms with E-state index in [1.165, 1.54) is 6.92 Å². The normalized spacial score (nSPS) is 11.9. The van der Waals surface area contributed by atoms with Crippen LogP contribution >= 0.6 is 0 Å². The van der Waals surface area contributed by atoms with Crippen LogP contribution in [0.1, 0.15) is 22.8 Å². The van der Waals surface area contributed by atoms with Gasteiger partial charge in [-0.05, 0) is 18.6 Å². The third-order valence-electron chi connectivity index (χ3n) is 4.76. The van der Waals surface area contributed by atoms with Gasteiger partial charge in [0.2, 0.25) is 0 Å². The predicted octanol–water partition coefficient (Wildman–Crippen LogP) is 3.18. The molecule has 1 atom stereocenters. The number of hydrogen-bond donors (Lipinski definition) is 1. The molecule has 2 aromatic carbocycles. The first-order chi connectivity index (χ1) is 14.5. The first kappa shape index (κ1) is 19.3. The van der Waals surface area contributed by atoms with Crippen molar-refractivity contribution in [2.24, 2.45) is 5.73 Å². The summed E-state index contributed by atoms with van der Waals surface area (Å²) < 4.78 is 6.99. The van der Waals surface area contributed by atoms with Crippen molar-refractivity contribution in [2.75, 3.05) is 0 Å². The molecule has 4 rings (SSSR count). The minimum absolute atomic E-state index is 0.284. The average Bonchev–Trinajstić information content (AvgIpc) is 3.17. The Hall–Kier alpha value is -4.00. The molecule has 4 aromatic rings. The van der Waals surface area contributed by atoms with E-state index in [9.17, 15) is 9.59 Å². The van der Waals surface area contributed by atoms with E-state index < -0.39 is 18.0 Å². The van der Waals surface area contributed by atoms with Gasteiger partial charge in [0.05, 0.1) is 29.4 Å². The second kappa shape index (κ2) is 8.16. The molecule has 0 aliphatic heterocycles. The van der Waals surface area contributed by atoms with E-state index in [1.54, 1.807) is 16.9 Å². The monoisotopic (exact) mass is 400 g/mol. The topological polar surface area (TPSA) is 100 Å². The van der Waals surface area contributed by atoms with Gasteiger partial charge in [-0.15, -0.1) is 0 Å². The Morgan fingerprint density at radius 1 is 1.07 bits per heavy atom. The number of pyridine rings is 1. The molecular formula is C23H20N4O3. The molecule has 150 valence electrons. The van der Waals surface area contributed by atoms with Gasteiger partial charge in [0.1, 0.15) is 0 Å². The Kier molecular flexibility index (Phi) is 5.26. The van der Waals surface area contributed by atoms with Crippen LogP contribution in [0.25, 0.3) is 22.3 Å². The van der Waals surface area contributed by atoms with E-state index in [0.29, 0.717) is 23.3 Å². The highest BCUT2D eigenvalue weighted by molar-refractivity contribution is 6.04. The molecule has 7 nitrogen and oxygen atoms in total. The molecule has 2 N–H and O–H groups in total. The van der Waals surface area contributed by atoms with Crippen molar-refractivity contribution >= 4 is 22.9 Å². The molecule has 0 unspecified atom stereocenters. The van der Waals surface area contributed by atoms with Crippen LogP contribution < -0.4 is 5.73 Å². The Morgan fingerprint density at radius 3 is 2.40 bits per heavy atom. The molecule has 1 amide bonds. The Labute approximate surface area is 173 Å². The van der Waals surface area contributed by atoms with Crippen LogP contribution in [0.5, 0.6) is 0 Å². The Balaban J connectivity index is 1.83. The lowest BCUT2D eigenvalue weighted by atomic mass is 10.1. The maximum absolute atomic E-state index is 12.8. The number of carbonyl (C=O) groups excluding carboxylic acids is 2. The average molecular weight is 400 g/mol. The van der Waals surface area contributed by atoms with Crippen LogP contribution in [0.3, 0.4) is 0 Å². The molecule has 0 spiro atoms. The maximum atomic E-state index is 12.8. The zero-order valence-electron chi connectivity index (χ0n) is 16.4. The lowest BCUT2D eigenvalue weighted by Crippen LogP contribution is -2.30. The van der Waals surface area contributed by atoms with Crippen LogP contribution in [-0.4, -0.2) is 32.7 Å². The molecular weight excluding hydrogens is 380 g/mol. The minimum Gasteiger partial charge on any atom is -0.449 e. The molecule has 0 aliphatic rings. The fraction of sp³-hybridized carbons (Fsp3) is 0.130. The second-order valence-corrected chi connectivity index (χ2v) is 6.90. The largest absolute Gasteiger partial charge is 0.449 e. The summed E-state index contributed by atoms with van der Waals surface area (Å²) in [5.41, 5.74) is 8.59. The van der Waals surface area contributed by atoms with E-state index >= 15 is 0 Å². The number of nitrogens with two attached hydrogens (primary N) is 1. The molecule has 0 radical (unpaired) electrons. The number of fused-ring (bicyclic) bond motifs is 1. The van der Waals surface area contributed by atoms with Crippen molar-refractivity contribution < 1.29 is 14.3 Å². The van der Waals surface area contributed by atoms with E-state index in [-0.39, 0.29) is 5.56 Å². The fourth-order valence-corrected chi connectivity index (χ4v) is 3.13. The Morgan fingerprint density at radius 2 is 1.73 bits per heavy atom. The van der Waals surface area contributed by atoms with Gasteiger partial charge < -0.3 is 10.5 Å². The van der Waals surface area contributed by atoms with Crippen molar-refractivity contribution in [3.05, 3.63) is 84.1 Å². The summed E-state index contributed by atoms with van der Waals surface area (Å²) in [5.74, 6) is -1.36. The zero-order valence-corrected chi connectivity index (χ0v) is 16.4. The first-order valence-corrected chi connectivity index (χ1v) is 9.49. The molecule has 2 heterocycles. The highest BCUT2D eigenvalue weighted by Gasteiger charge is 2.22. The first-order valence-electron chi connectivity index (χ1n) is 9.49. The van der Waals surface area contributed by atoms with Crippen LogP contribution in [0.4, 0.5) is 0 Å². The van der Waals surface area contributed by atoms with Gasteiger partial charge in [-0.25, -0.2) is 14.5 Å². The third-order valence-corrected chi connectivity index (χ3v) is 4.76. The summed E-state index contributed by atoms with van der Waals surface area (Å²) in [6, 6.07) is 21.0. The fourth-order valence-electron chi connectivity index (χ4n) is 3.13. The number of esters is 1. The molecule has 7 heteroatoms. The number of rotatable bonds is 6. The van der Waals surface area contributed by atoms with Crippen LogP contribution in [0, 0.1) is 0 Å². The summed E-state index contributed by atoms with van der Waals surface area (Å²) in [4.78, 5) is 28.9. The number of nitrogens with zero attached hydrogens (tertiary/aromatic N) is 3. The van der Waals surface area contributed by atoms with E-state index in [2.05, 4.69) is 5.10 Å². The van der Waals surface area contributed by atoms with Crippen molar-refractivity contribution in [3.63, 3.8) is 0 Å². The minimum atomic E-state index is -1.04. The number of amides is 1. The lowest BCUT2D eigenvalue weighted by Gasteiger charge is -2.12. The van der Waals surface area contributed by atoms with Gasteiger partial charge in [0.25, 0.3) is 5.91 Å². The van der Waals surface area contributed by atoms with Crippen molar-refractivity contribution in [2.45, 2.75) is 19.6 Å². The van der Waals surface area contributed by atoms with E-state index in [4.69, 9.17) is 15.5 Å². The molecule has 0 fully saturated rings. The molecule has 0 bridgehead atoms. The maximum Gasteiger partial charge on any atom is 0.339 e. The summed E-state index contributed by atoms with van der Waals surface area (Å²) >= 11 is 0. The van der Waals surface area contributed by atoms with Crippen molar-refractivity contribution in [1.82, 2.24) is 14.8 Å². The van der Waals surface area contributed by atoms with Gasteiger partial charge in [0.15, 0.2) is 11.8 Å². The quantitative estimate of drug-likeness (QED) is 0.501. The van der Waals surface area contributed by atoms with Crippen LogP contribution in [0.2, 0.25) is 0 Å². The van der Waals surface area contributed by atoms with Gasteiger partial charge >= 0.3 is 5.97 Å². The molecule has 0 saturated carbocycles. The summed E-state index contributed by atoms with van der Waals surface area (Å²) in [7, 11) is 0. The third kappa shape index (κ3) is 3.91. The molecule has 0 aliphatic carbocycles. The number of aromatic nitrogens is 3. The molecule has 2 aromatic heterocycles. The zero-order chi connectivity index (χ0) is 21.1. The molecule has 0 saturated heterocycles. The summed E-state index contributed by atoms with van der Waals surface area (Å²) in [6.07, 6.45) is 0.547. The second-order valence-electron chi connectivity index (χ2n) is 6.90. The number of ether oxygens (including phenoxy) is 1. The number of benzene rings is 2. The molecule has 30 heavy (non-hydrogen) atoms. The van der Waals surface area contributed by atoms with Crippen LogP contribution in [-0.2, 0) is 16.1 Å². The number of primary amides is 1. The van der Waals surface area contributed by atoms with Crippen LogP contribution in [0.15, 0.2) is 72.9 Å². The predicted molar refractivity (Wildman–Crippen MR) is 113 cm³/mol.